The van der Waals surface area contributed by atoms with Gasteiger partial charge in [0.15, 0.2) is 0 Å². The zero-order valence-corrected chi connectivity index (χ0v) is 11.1. The summed E-state index contributed by atoms with van der Waals surface area (Å²) in [4.78, 5) is 11.6. The van der Waals surface area contributed by atoms with Crippen LogP contribution in [0.2, 0.25) is 5.02 Å². The third-order valence-corrected chi connectivity index (χ3v) is 2.58. The Morgan fingerprint density at radius 2 is 2.22 bits per heavy atom. The zero-order chi connectivity index (χ0) is 13.4. The molecule has 1 amide bonds. The molecule has 0 unspecified atom stereocenters. The number of carbonyl (C=O) groups excluding carboxylic acids is 1. The summed E-state index contributed by atoms with van der Waals surface area (Å²) >= 11 is 5.71. The van der Waals surface area contributed by atoms with Crippen LogP contribution in [-0.2, 0) is 4.74 Å². The monoisotopic (exact) mass is 273 g/mol. The van der Waals surface area contributed by atoms with Gasteiger partial charge in [0.1, 0.15) is 5.82 Å². The van der Waals surface area contributed by atoms with Crippen LogP contribution >= 0.6 is 11.6 Å². The van der Waals surface area contributed by atoms with Crippen molar-refractivity contribution in [3.05, 3.63) is 34.6 Å². The lowest BCUT2D eigenvalue weighted by Crippen LogP contribution is -2.28. The lowest BCUT2D eigenvalue weighted by molar-refractivity contribution is 0.0909. The maximum absolute atomic E-state index is 13.3. The van der Waals surface area contributed by atoms with Crippen LogP contribution in [-0.4, -0.2) is 25.7 Å². The molecule has 1 rings (SSSR count). The number of ether oxygens (including phenoxy) is 1. The van der Waals surface area contributed by atoms with Crippen LogP contribution in [0, 0.1) is 5.82 Å². The van der Waals surface area contributed by atoms with E-state index in [1.807, 2.05) is 0 Å². The molecule has 0 atom stereocenters. The van der Waals surface area contributed by atoms with E-state index >= 15 is 0 Å². The van der Waals surface area contributed by atoms with Crippen molar-refractivity contribution in [2.24, 2.45) is 0 Å². The van der Waals surface area contributed by atoms with Crippen molar-refractivity contribution < 1.29 is 13.9 Å². The Hall–Kier alpha value is -1.13. The number of halogens is 2. The van der Waals surface area contributed by atoms with Crippen LogP contribution in [0.25, 0.3) is 0 Å². The summed E-state index contributed by atoms with van der Waals surface area (Å²) in [5.41, 5.74) is -0.0453. The van der Waals surface area contributed by atoms with Gasteiger partial charge in [-0.15, -0.1) is 0 Å². The number of nitrogens with one attached hydrogen (secondary N) is 1. The molecule has 0 fully saturated rings. The molecule has 18 heavy (non-hydrogen) atoms. The number of carbonyl (C=O) groups is 1. The Bertz CT molecular complexity index is 399. The van der Waals surface area contributed by atoms with Gasteiger partial charge in [0.05, 0.1) is 12.2 Å². The van der Waals surface area contributed by atoms with E-state index in [9.17, 15) is 9.18 Å². The van der Waals surface area contributed by atoms with E-state index in [2.05, 4.69) is 12.2 Å². The van der Waals surface area contributed by atoms with Crippen LogP contribution in [0.3, 0.4) is 0 Å². The minimum absolute atomic E-state index is 0.0453. The molecule has 1 N–H and O–H groups in total. The molecule has 100 valence electrons. The molecule has 0 aliphatic heterocycles. The van der Waals surface area contributed by atoms with Gasteiger partial charge >= 0.3 is 0 Å². The van der Waals surface area contributed by atoms with Crippen molar-refractivity contribution in [3.8, 4) is 0 Å². The van der Waals surface area contributed by atoms with Crippen LogP contribution < -0.4 is 5.32 Å². The van der Waals surface area contributed by atoms with Crippen LogP contribution in [0.15, 0.2) is 18.2 Å². The molecule has 0 aliphatic carbocycles. The fourth-order valence-electron chi connectivity index (χ4n) is 1.35. The molecule has 0 radical (unpaired) electrons. The Morgan fingerprint density at radius 1 is 1.44 bits per heavy atom. The van der Waals surface area contributed by atoms with E-state index in [1.54, 1.807) is 0 Å². The summed E-state index contributed by atoms with van der Waals surface area (Å²) in [5.74, 6) is -1.06. The van der Waals surface area contributed by atoms with Crippen LogP contribution in [0.4, 0.5) is 4.39 Å². The number of amides is 1. The molecule has 5 heteroatoms. The summed E-state index contributed by atoms with van der Waals surface area (Å²) in [6, 6.07) is 3.89. The van der Waals surface area contributed by atoms with E-state index in [0.717, 1.165) is 12.8 Å². The fourth-order valence-corrected chi connectivity index (χ4v) is 1.52. The number of hydrogen-bond acceptors (Lipinski definition) is 2. The fraction of sp³-hybridized carbons (Fsp3) is 0.462. The normalized spacial score (nSPS) is 10.4. The largest absolute Gasteiger partial charge is 0.380 e. The quantitative estimate of drug-likeness (QED) is 0.776. The Morgan fingerprint density at radius 3 is 2.94 bits per heavy atom. The van der Waals surface area contributed by atoms with E-state index < -0.39 is 11.7 Å². The van der Waals surface area contributed by atoms with Gasteiger partial charge in [0, 0.05) is 18.2 Å². The average Bonchev–Trinajstić information content (AvgIpc) is 2.36. The summed E-state index contributed by atoms with van der Waals surface area (Å²) in [7, 11) is 0. The SMILES string of the molecule is CCCCOCCNC(=O)c1cc(Cl)ccc1F. The Kier molecular flexibility index (Phi) is 6.68. The molecule has 0 saturated carbocycles. The lowest BCUT2D eigenvalue weighted by atomic mass is 10.2. The van der Waals surface area contributed by atoms with Gasteiger partial charge in [-0.3, -0.25) is 4.79 Å². The molecule has 3 nitrogen and oxygen atoms in total. The second-order valence-corrected chi connectivity index (χ2v) is 4.28. The highest BCUT2D eigenvalue weighted by atomic mass is 35.5. The summed E-state index contributed by atoms with van der Waals surface area (Å²) in [6.07, 6.45) is 2.07. The second-order valence-electron chi connectivity index (χ2n) is 3.85. The van der Waals surface area contributed by atoms with Gasteiger partial charge < -0.3 is 10.1 Å². The highest BCUT2D eigenvalue weighted by Crippen LogP contribution is 2.14. The van der Waals surface area contributed by atoms with Crippen molar-refractivity contribution in [2.75, 3.05) is 19.8 Å². The van der Waals surface area contributed by atoms with E-state index in [1.165, 1.54) is 18.2 Å². The topological polar surface area (TPSA) is 38.3 Å². The van der Waals surface area contributed by atoms with Crippen molar-refractivity contribution in [3.63, 3.8) is 0 Å². The minimum Gasteiger partial charge on any atom is -0.380 e. The first-order valence-electron chi connectivity index (χ1n) is 5.96. The molecular formula is C13H17ClFNO2. The molecule has 0 aliphatic rings. The minimum atomic E-state index is -0.580. The molecule has 0 bridgehead atoms. The van der Waals surface area contributed by atoms with Crippen molar-refractivity contribution in [2.45, 2.75) is 19.8 Å². The smallest absolute Gasteiger partial charge is 0.254 e. The number of unbranched alkanes of at least 4 members (excludes halogenated alkanes) is 1. The highest BCUT2D eigenvalue weighted by Gasteiger charge is 2.11. The number of benzene rings is 1. The van der Waals surface area contributed by atoms with E-state index in [-0.39, 0.29) is 5.56 Å². The standard InChI is InChI=1S/C13H17ClFNO2/c1-2-3-7-18-8-6-16-13(17)11-9-10(14)4-5-12(11)15/h4-5,9H,2-3,6-8H2,1H3,(H,16,17). The Balaban J connectivity index is 2.34. The molecule has 0 saturated heterocycles. The van der Waals surface area contributed by atoms with Gasteiger partial charge in [-0.25, -0.2) is 4.39 Å². The Labute approximate surface area is 111 Å². The molecule has 0 spiro atoms. The maximum Gasteiger partial charge on any atom is 0.254 e. The van der Waals surface area contributed by atoms with E-state index in [4.69, 9.17) is 16.3 Å². The first-order valence-corrected chi connectivity index (χ1v) is 6.34. The van der Waals surface area contributed by atoms with Gasteiger partial charge in [0.2, 0.25) is 0 Å². The van der Waals surface area contributed by atoms with Crippen molar-refractivity contribution in [1.82, 2.24) is 5.32 Å². The summed E-state index contributed by atoms with van der Waals surface area (Å²) in [5, 5.41) is 2.92. The van der Waals surface area contributed by atoms with Crippen molar-refractivity contribution in [1.29, 1.82) is 0 Å². The summed E-state index contributed by atoms with van der Waals surface area (Å²) in [6.45, 7) is 3.54. The first-order chi connectivity index (χ1) is 8.65. The van der Waals surface area contributed by atoms with Crippen LogP contribution in [0.5, 0.6) is 0 Å². The number of rotatable bonds is 7. The molecule has 0 aromatic heterocycles. The molecule has 0 heterocycles. The predicted octanol–water partition coefficient (Wildman–Crippen LogP) is 3.03. The van der Waals surface area contributed by atoms with Crippen LogP contribution in [0.1, 0.15) is 30.1 Å². The first kappa shape index (κ1) is 14.9. The zero-order valence-electron chi connectivity index (χ0n) is 10.3. The number of hydrogen-bond donors (Lipinski definition) is 1. The second kappa shape index (κ2) is 8.06. The van der Waals surface area contributed by atoms with E-state index in [0.29, 0.717) is 24.8 Å². The lowest BCUT2D eigenvalue weighted by Gasteiger charge is -2.07. The predicted molar refractivity (Wildman–Crippen MR) is 69.5 cm³/mol. The summed E-state index contributed by atoms with van der Waals surface area (Å²) < 4.78 is 18.6. The maximum atomic E-state index is 13.3. The van der Waals surface area contributed by atoms with Crippen molar-refractivity contribution >= 4 is 17.5 Å². The third-order valence-electron chi connectivity index (χ3n) is 2.35. The molecular weight excluding hydrogens is 257 g/mol. The molecule has 1 aromatic rings. The highest BCUT2D eigenvalue weighted by molar-refractivity contribution is 6.30. The van der Waals surface area contributed by atoms with Gasteiger partial charge in [0.25, 0.3) is 5.91 Å². The van der Waals surface area contributed by atoms with Gasteiger partial charge in [-0.2, -0.15) is 0 Å². The third kappa shape index (κ3) is 5.02. The van der Waals surface area contributed by atoms with Gasteiger partial charge in [-0.05, 0) is 24.6 Å². The molecule has 1 aromatic carbocycles. The average molecular weight is 274 g/mol. The van der Waals surface area contributed by atoms with Gasteiger partial charge in [-0.1, -0.05) is 24.9 Å².